The van der Waals surface area contributed by atoms with Gasteiger partial charge in [-0.15, -0.1) is 0 Å². The number of hydrogen-bond donors (Lipinski definition) is 3. The Labute approximate surface area is 185 Å². The predicted octanol–water partition coefficient (Wildman–Crippen LogP) is 3.24. The monoisotopic (exact) mass is 442 g/mol. The molecule has 2 atom stereocenters. The minimum atomic E-state index is -1.10. The molecule has 0 aromatic heterocycles. The molecule has 0 spiro atoms. The Hall–Kier alpha value is -3.00. The third kappa shape index (κ3) is 5.38. The van der Waals surface area contributed by atoms with E-state index in [1.807, 2.05) is 42.7 Å². The van der Waals surface area contributed by atoms with Gasteiger partial charge in [0.25, 0.3) is 0 Å². The van der Waals surface area contributed by atoms with Crippen molar-refractivity contribution in [3.05, 3.63) is 59.7 Å². The molecule has 0 radical (unpaired) electrons. The molecule has 0 fully saturated rings. The van der Waals surface area contributed by atoms with E-state index in [1.165, 1.54) is 18.7 Å². The summed E-state index contributed by atoms with van der Waals surface area (Å²) in [5.41, 5.74) is 4.45. The number of hydrogen-bond acceptors (Lipinski definition) is 5. The van der Waals surface area contributed by atoms with Crippen LogP contribution in [0, 0.1) is 0 Å². The number of ether oxygens (including phenoxy) is 1. The molecule has 31 heavy (non-hydrogen) atoms. The molecule has 2 aromatic rings. The first-order valence-electron chi connectivity index (χ1n) is 10.1. The highest BCUT2D eigenvalue weighted by Gasteiger charge is 2.29. The normalized spacial score (nSPS) is 14.1. The van der Waals surface area contributed by atoms with Gasteiger partial charge in [-0.2, -0.15) is 11.8 Å². The Morgan fingerprint density at radius 3 is 2.16 bits per heavy atom. The molecular weight excluding hydrogens is 416 g/mol. The van der Waals surface area contributed by atoms with Crippen LogP contribution in [0.2, 0.25) is 0 Å². The highest BCUT2D eigenvalue weighted by molar-refractivity contribution is 7.98. The van der Waals surface area contributed by atoms with E-state index in [9.17, 15) is 19.5 Å². The van der Waals surface area contributed by atoms with Gasteiger partial charge in [-0.25, -0.2) is 9.59 Å². The fourth-order valence-corrected chi connectivity index (χ4v) is 4.14. The predicted molar refractivity (Wildman–Crippen MR) is 120 cm³/mol. The smallest absolute Gasteiger partial charge is 0.407 e. The number of alkyl carbamates (subject to hydrolysis) is 1. The number of carboxylic acids is 1. The van der Waals surface area contributed by atoms with Gasteiger partial charge in [-0.05, 0) is 47.6 Å². The van der Waals surface area contributed by atoms with Crippen molar-refractivity contribution in [1.29, 1.82) is 0 Å². The summed E-state index contributed by atoms with van der Waals surface area (Å²) in [7, 11) is 0. The number of carboxylic acid groups (broad SMARTS) is 1. The summed E-state index contributed by atoms with van der Waals surface area (Å²) >= 11 is 1.50. The molecule has 1 aliphatic carbocycles. The van der Waals surface area contributed by atoms with Gasteiger partial charge >= 0.3 is 12.1 Å². The quantitative estimate of drug-likeness (QED) is 0.551. The Kier molecular flexibility index (Phi) is 7.57. The first-order valence-corrected chi connectivity index (χ1v) is 11.5. The molecule has 8 heteroatoms. The average molecular weight is 443 g/mol. The van der Waals surface area contributed by atoms with Crippen molar-refractivity contribution in [2.45, 2.75) is 31.3 Å². The molecule has 0 saturated heterocycles. The Bertz CT molecular complexity index is 919. The Morgan fingerprint density at radius 2 is 1.61 bits per heavy atom. The van der Waals surface area contributed by atoms with Crippen molar-refractivity contribution >= 4 is 29.7 Å². The molecule has 2 unspecified atom stereocenters. The van der Waals surface area contributed by atoms with Crippen LogP contribution in [0.15, 0.2) is 48.5 Å². The highest BCUT2D eigenvalue weighted by atomic mass is 32.2. The average Bonchev–Trinajstić information content (AvgIpc) is 3.08. The van der Waals surface area contributed by atoms with Crippen molar-refractivity contribution in [2.75, 3.05) is 18.6 Å². The van der Waals surface area contributed by atoms with Crippen LogP contribution in [0.5, 0.6) is 0 Å². The van der Waals surface area contributed by atoms with E-state index < -0.39 is 30.1 Å². The maximum atomic E-state index is 12.3. The van der Waals surface area contributed by atoms with Crippen LogP contribution >= 0.6 is 11.8 Å². The van der Waals surface area contributed by atoms with Gasteiger partial charge in [0.1, 0.15) is 18.7 Å². The molecule has 0 bridgehead atoms. The fraction of sp³-hybridized carbons (Fsp3) is 0.348. The third-order valence-electron chi connectivity index (χ3n) is 5.30. The number of carbonyl (C=O) groups excluding carboxylic acids is 2. The Balaban J connectivity index is 1.57. The van der Waals surface area contributed by atoms with E-state index >= 15 is 0 Å². The summed E-state index contributed by atoms with van der Waals surface area (Å²) in [4.78, 5) is 35.9. The van der Waals surface area contributed by atoms with E-state index in [2.05, 4.69) is 22.8 Å². The van der Waals surface area contributed by atoms with E-state index in [0.717, 1.165) is 22.3 Å². The minimum Gasteiger partial charge on any atom is -0.480 e. The zero-order chi connectivity index (χ0) is 22.4. The summed E-state index contributed by atoms with van der Waals surface area (Å²) in [5, 5.41) is 14.2. The number of amides is 2. The van der Waals surface area contributed by atoms with Crippen LogP contribution in [-0.2, 0) is 14.3 Å². The van der Waals surface area contributed by atoms with Crippen LogP contribution in [0.4, 0.5) is 4.79 Å². The zero-order valence-electron chi connectivity index (χ0n) is 17.5. The summed E-state index contributed by atoms with van der Waals surface area (Å²) in [5.74, 6) is -1.14. The zero-order valence-corrected chi connectivity index (χ0v) is 18.3. The lowest BCUT2D eigenvalue weighted by molar-refractivity contribution is -0.142. The summed E-state index contributed by atoms with van der Waals surface area (Å²) in [6.45, 7) is 1.63. The molecule has 3 N–H and O–H groups in total. The van der Waals surface area contributed by atoms with Crippen molar-refractivity contribution in [2.24, 2.45) is 0 Å². The number of fused-ring (bicyclic) bond motifs is 3. The second-order valence-electron chi connectivity index (χ2n) is 7.37. The molecule has 7 nitrogen and oxygen atoms in total. The van der Waals surface area contributed by atoms with Crippen molar-refractivity contribution < 1.29 is 24.2 Å². The number of carbonyl (C=O) groups is 3. The van der Waals surface area contributed by atoms with Gasteiger partial charge in [-0.3, -0.25) is 4.79 Å². The van der Waals surface area contributed by atoms with E-state index in [-0.39, 0.29) is 12.5 Å². The molecule has 0 aliphatic heterocycles. The highest BCUT2D eigenvalue weighted by Crippen LogP contribution is 2.44. The van der Waals surface area contributed by atoms with Crippen LogP contribution in [-0.4, -0.2) is 53.8 Å². The van der Waals surface area contributed by atoms with Crippen molar-refractivity contribution in [3.63, 3.8) is 0 Å². The molecular formula is C23H26N2O5S. The summed E-state index contributed by atoms with van der Waals surface area (Å²) < 4.78 is 5.43. The lowest BCUT2D eigenvalue weighted by atomic mass is 9.98. The molecule has 1 aliphatic rings. The van der Waals surface area contributed by atoms with E-state index in [1.54, 1.807) is 0 Å². The van der Waals surface area contributed by atoms with Crippen LogP contribution < -0.4 is 10.6 Å². The van der Waals surface area contributed by atoms with Crippen LogP contribution in [0.25, 0.3) is 11.1 Å². The maximum Gasteiger partial charge on any atom is 0.407 e. The lowest BCUT2D eigenvalue weighted by Crippen LogP contribution is -2.50. The standard InChI is InChI=1S/C23H26N2O5S/c1-14(21(26)25-20(22(27)28)11-12-31-2)24-23(29)30-13-19-17-9-5-3-7-15(17)16-8-4-6-10-18(16)19/h3-10,14,19-20H,11-13H2,1-2H3,(H,24,29)(H,25,26)(H,27,28). The Morgan fingerprint density at radius 1 is 1.03 bits per heavy atom. The first kappa shape index (κ1) is 22.7. The maximum absolute atomic E-state index is 12.3. The first-order chi connectivity index (χ1) is 14.9. The van der Waals surface area contributed by atoms with Crippen molar-refractivity contribution in [3.8, 4) is 11.1 Å². The molecule has 2 amide bonds. The second kappa shape index (κ2) is 10.3. The largest absolute Gasteiger partial charge is 0.480 e. The number of nitrogens with one attached hydrogen (secondary N) is 2. The molecule has 164 valence electrons. The third-order valence-corrected chi connectivity index (χ3v) is 5.94. The molecule has 3 rings (SSSR count). The molecule has 0 heterocycles. The summed E-state index contributed by atoms with van der Waals surface area (Å²) in [6.07, 6.45) is 1.45. The molecule has 0 saturated carbocycles. The van der Waals surface area contributed by atoms with Gasteiger partial charge in [-0.1, -0.05) is 48.5 Å². The van der Waals surface area contributed by atoms with Gasteiger partial charge in [0.2, 0.25) is 5.91 Å². The number of thioether (sulfide) groups is 1. The number of benzene rings is 2. The molecule has 2 aromatic carbocycles. The number of aliphatic carboxylic acids is 1. The van der Waals surface area contributed by atoms with Gasteiger partial charge in [0.15, 0.2) is 0 Å². The minimum absolute atomic E-state index is 0.0785. The number of rotatable bonds is 9. The summed E-state index contributed by atoms with van der Waals surface area (Å²) in [6, 6.07) is 14.1. The second-order valence-corrected chi connectivity index (χ2v) is 8.36. The van der Waals surface area contributed by atoms with Gasteiger partial charge < -0.3 is 20.5 Å². The SMILES string of the molecule is CSCCC(NC(=O)C(C)NC(=O)OCC1c2ccccc2-c2ccccc21)C(=O)O. The van der Waals surface area contributed by atoms with E-state index in [0.29, 0.717) is 12.2 Å². The van der Waals surface area contributed by atoms with E-state index in [4.69, 9.17) is 4.74 Å². The van der Waals surface area contributed by atoms with Crippen LogP contribution in [0.3, 0.4) is 0 Å². The van der Waals surface area contributed by atoms with Crippen molar-refractivity contribution in [1.82, 2.24) is 10.6 Å². The van der Waals surface area contributed by atoms with Gasteiger partial charge in [0.05, 0.1) is 0 Å². The van der Waals surface area contributed by atoms with Crippen LogP contribution in [0.1, 0.15) is 30.4 Å². The lowest BCUT2D eigenvalue weighted by Gasteiger charge is -2.19. The fourth-order valence-electron chi connectivity index (χ4n) is 3.67. The van der Waals surface area contributed by atoms with Gasteiger partial charge in [0, 0.05) is 5.92 Å². The topological polar surface area (TPSA) is 105 Å².